The summed E-state index contributed by atoms with van der Waals surface area (Å²) in [4.78, 5) is 12.4. The maximum Gasteiger partial charge on any atom is 0.435 e. The fraction of sp³-hybridized carbons (Fsp3) is 0.222. The Bertz CT molecular complexity index is 861. The summed E-state index contributed by atoms with van der Waals surface area (Å²) < 4.78 is 6.60. The first-order valence-electron chi connectivity index (χ1n) is 7.36. The normalized spacial score (nSPS) is 11.6. The van der Waals surface area contributed by atoms with Gasteiger partial charge in [0.1, 0.15) is 17.0 Å². The number of benzene rings is 2. The van der Waals surface area contributed by atoms with Crippen LogP contribution in [0, 0.1) is 0 Å². The van der Waals surface area contributed by atoms with Crippen molar-refractivity contribution in [3.05, 3.63) is 48.5 Å². The Hall–Kier alpha value is -2.82. The summed E-state index contributed by atoms with van der Waals surface area (Å²) in [5.41, 5.74) is 1.45. The van der Waals surface area contributed by atoms with Crippen molar-refractivity contribution >= 4 is 17.0 Å². The minimum atomic E-state index is -0.626. The fourth-order valence-electron chi connectivity index (χ4n) is 2.36. The van der Waals surface area contributed by atoms with Gasteiger partial charge in [0.2, 0.25) is 0 Å². The van der Waals surface area contributed by atoms with Crippen LogP contribution in [0.25, 0.3) is 22.2 Å². The Morgan fingerprint density at radius 1 is 1.13 bits per heavy atom. The third-order valence-electron chi connectivity index (χ3n) is 3.28. The Labute approximate surface area is 134 Å². The molecule has 0 saturated heterocycles. The smallest absolute Gasteiger partial charge is 0.435 e. The van der Waals surface area contributed by atoms with Gasteiger partial charge in [0, 0.05) is 17.0 Å². The second-order valence-corrected chi connectivity index (χ2v) is 6.31. The molecule has 0 aliphatic carbocycles. The number of carbonyl (C=O) groups excluding carboxylic acids is 1. The number of rotatable bonds is 1. The van der Waals surface area contributed by atoms with Gasteiger partial charge in [0.05, 0.1) is 5.52 Å². The molecule has 3 aromatic rings. The van der Waals surface area contributed by atoms with Gasteiger partial charge in [-0.1, -0.05) is 30.3 Å². The molecule has 118 valence electrons. The molecule has 0 bridgehead atoms. The van der Waals surface area contributed by atoms with Crippen molar-refractivity contribution in [3.8, 4) is 17.0 Å². The standard InChI is InChI=1S/C18H18N2O3/c1-18(2,3)23-17(22)20-15-11-13(21)9-10-14(15)16(19-20)12-7-5-4-6-8-12/h4-11,21H,1-3H3. The lowest BCUT2D eigenvalue weighted by molar-refractivity contribution is 0.0523. The molecule has 5 heteroatoms. The van der Waals surface area contributed by atoms with Crippen LogP contribution in [-0.4, -0.2) is 26.6 Å². The number of ether oxygens (including phenoxy) is 1. The van der Waals surface area contributed by atoms with Gasteiger partial charge in [0.25, 0.3) is 0 Å². The molecule has 0 aliphatic rings. The van der Waals surface area contributed by atoms with E-state index in [1.54, 1.807) is 32.9 Å². The Morgan fingerprint density at radius 2 is 1.83 bits per heavy atom. The van der Waals surface area contributed by atoms with E-state index in [9.17, 15) is 9.90 Å². The molecule has 0 aliphatic heterocycles. The maximum absolute atomic E-state index is 12.4. The molecule has 1 aromatic heterocycles. The van der Waals surface area contributed by atoms with Crippen LogP contribution in [0.15, 0.2) is 48.5 Å². The van der Waals surface area contributed by atoms with Gasteiger partial charge >= 0.3 is 6.09 Å². The van der Waals surface area contributed by atoms with Gasteiger partial charge in [0.15, 0.2) is 0 Å². The van der Waals surface area contributed by atoms with Crippen molar-refractivity contribution in [2.45, 2.75) is 26.4 Å². The lowest BCUT2D eigenvalue weighted by Crippen LogP contribution is -2.27. The van der Waals surface area contributed by atoms with Crippen LogP contribution in [0.3, 0.4) is 0 Å². The first kappa shape index (κ1) is 15.1. The minimum Gasteiger partial charge on any atom is -0.508 e. The first-order valence-corrected chi connectivity index (χ1v) is 7.36. The second kappa shape index (κ2) is 5.43. The molecule has 23 heavy (non-hydrogen) atoms. The third-order valence-corrected chi connectivity index (χ3v) is 3.28. The number of phenols is 1. The molecular weight excluding hydrogens is 292 g/mol. The highest BCUT2D eigenvalue weighted by Gasteiger charge is 2.22. The number of carbonyl (C=O) groups is 1. The average Bonchev–Trinajstić information content (AvgIpc) is 2.85. The van der Waals surface area contributed by atoms with E-state index in [4.69, 9.17) is 4.74 Å². The number of aromatic hydroxyl groups is 1. The van der Waals surface area contributed by atoms with Crippen molar-refractivity contribution in [1.82, 2.24) is 9.78 Å². The summed E-state index contributed by atoms with van der Waals surface area (Å²) in [7, 11) is 0. The topological polar surface area (TPSA) is 64.4 Å². The zero-order valence-electron chi connectivity index (χ0n) is 13.3. The number of aromatic nitrogens is 2. The molecule has 1 heterocycles. The van der Waals surface area contributed by atoms with Crippen LogP contribution in [0.5, 0.6) is 5.75 Å². The Balaban J connectivity index is 2.19. The summed E-state index contributed by atoms with van der Waals surface area (Å²) in [6.45, 7) is 5.39. The van der Waals surface area contributed by atoms with Crippen LogP contribution in [0.2, 0.25) is 0 Å². The van der Waals surface area contributed by atoms with E-state index in [1.807, 2.05) is 30.3 Å². The van der Waals surface area contributed by atoms with Crippen LogP contribution >= 0.6 is 0 Å². The van der Waals surface area contributed by atoms with Gasteiger partial charge in [-0.05, 0) is 32.9 Å². The lowest BCUT2D eigenvalue weighted by Gasteiger charge is -2.19. The van der Waals surface area contributed by atoms with Gasteiger partial charge in [-0.2, -0.15) is 9.78 Å². The predicted molar refractivity (Wildman–Crippen MR) is 88.5 cm³/mol. The molecule has 1 N–H and O–H groups in total. The lowest BCUT2D eigenvalue weighted by atomic mass is 10.1. The maximum atomic E-state index is 12.4. The van der Waals surface area contributed by atoms with Gasteiger partial charge < -0.3 is 9.84 Å². The minimum absolute atomic E-state index is 0.0711. The molecule has 0 radical (unpaired) electrons. The van der Waals surface area contributed by atoms with Crippen molar-refractivity contribution in [2.24, 2.45) is 0 Å². The first-order chi connectivity index (χ1) is 10.8. The molecule has 2 aromatic carbocycles. The monoisotopic (exact) mass is 310 g/mol. The highest BCUT2D eigenvalue weighted by Crippen LogP contribution is 2.30. The molecule has 3 rings (SSSR count). The van der Waals surface area contributed by atoms with Crippen molar-refractivity contribution in [3.63, 3.8) is 0 Å². The highest BCUT2D eigenvalue weighted by molar-refractivity contribution is 5.98. The van der Waals surface area contributed by atoms with Gasteiger partial charge in [-0.3, -0.25) is 0 Å². The van der Waals surface area contributed by atoms with E-state index < -0.39 is 11.7 Å². The molecule has 0 amide bonds. The third kappa shape index (κ3) is 3.04. The zero-order chi connectivity index (χ0) is 16.6. The number of hydrogen-bond acceptors (Lipinski definition) is 4. The molecule has 0 saturated carbocycles. The largest absolute Gasteiger partial charge is 0.508 e. The zero-order valence-corrected chi connectivity index (χ0v) is 13.3. The molecule has 0 atom stereocenters. The number of hydrogen-bond donors (Lipinski definition) is 1. The van der Waals surface area contributed by atoms with Gasteiger partial charge in [-0.25, -0.2) is 4.79 Å². The van der Waals surface area contributed by atoms with E-state index >= 15 is 0 Å². The summed E-state index contributed by atoms with van der Waals surface area (Å²) in [5.74, 6) is 0.0711. The van der Waals surface area contributed by atoms with Crippen LogP contribution in [0.1, 0.15) is 20.8 Å². The van der Waals surface area contributed by atoms with Crippen molar-refractivity contribution in [1.29, 1.82) is 0 Å². The van der Waals surface area contributed by atoms with Gasteiger partial charge in [-0.15, -0.1) is 0 Å². The summed E-state index contributed by atoms with van der Waals surface area (Å²) in [5, 5.41) is 14.9. The molecule has 5 nitrogen and oxygen atoms in total. The van der Waals surface area contributed by atoms with Crippen molar-refractivity contribution in [2.75, 3.05) is 0 Å². The van der Waals surface area contributed by atoms with E-state index in [1.165, 1.54) is 10.7 Å². The summed E-state index contributed by atoms with van der Waals surface area (Å²) >= 11 is 0. The SMILES string of the molecule is CC(C)(C)OC(=O)n1nc(-c2ccccc2)c2ccc(O)cc21. The molecule has 0 fully saturated rings. The number of nitrogens with zero attached hydrogens (tertiary/aromatic N) is 2. The van der Waals surface area contributed by atoms with Crippen molar-refractivity contribution < 1.29 is 14.6 Å². The number of fused-ring (bicyclic) bond motifs is 1. The Morgan fingerprint density at radius 3 is 2.48 bits per heavy atom. The predicted octanol–water partition coefficient (Wildman–Crippen LogP) is 4.19. The fourth-order valence-corrected chi connectivity index (χ4v) is 2.36. The molecule has 0 unspecified atom stereocenters. The average molecular weight is 310 g/mol. The van der Waals surface area contributed by atoms with E-state index in [2.05, 4.69) is 5.10 Å². The van der Waals surface area contributed by atoms with E-state index in [-0.39, 0.29) is 5.75 Å². The quantitative estimate of drug-likeness (QED) is 0.732. The van der Waals surface area contributed by atoms with Crippen LogP contribution < -0.4 is 0 Å². The highest BCUT2D eigenvalue weighted by atomic mass is 16.6. The van der Waals surface area contributed by atoms with E-state index in [0.717, 1.165) is 10.9 Å². The summed E-state index contributed by atoms with van der Waals surface area (Å²) in [6.07, 6.45) is -0.574. The van der Waals surface area contributed by atoms with Crippen LogP contribution in [-0.2, 0) is 4.74 Å². The number of phenolic OH excluding ortho intramolecular Hbond substituents is 1. The second-order valence-electron chi connectivity index (χ2n) is 6.31. The van der Waals surface area contributed by atoms with Crippen LogP contribution in [0.4, 0.5) is 4.79 Å². The van der Waals surface area contributed by atoms with E-state index in [0.29, 0.717) is 11.2 Å². The Kier molecular flexibility index (Phi) is 3.56. The molecular formula is C18H18N2O3. The summed E-state index contributed by atoms with van der Waals surface area (Å²) in [6, 6.07) is 14.4. The molecule has 0 spiro atoms.